The summed E-state index contributed by atoms with van der Waals surface area (Å²) in [6, 6.07) is 5.36. The molecule has 1 fully saturated rings. The molecule has 1 amide bonds. The molecule has 1 unspecified atom stereocenters. The van der Waals surface area contributed by atoms with E-state index in [0.29, 0.717) is 23.0 Å². The Hall–Kier alpha value is -1.06. The maximum atomic E-state index is 12.2. The summed E-state index contributed by atoms with van der Waals surface area (Å²) in [5.41, 5.74) is 7.07. The Bertz CT molecular complexity index is 451. The lowest BCUT2D eigenvalue weighted by atomic mass is 9.95. The quantitative estimate of drug-likeness (QED) is 0.880. The highest BCUT2D eigenvalue weighted by Crippen LogP contribution is 2.39. The zero-order valence-electron chi connectivity index (χ0n) is 10.8. The fourth-order valence-corrected chi connectivity index (χ4v) is 2.53. The van der Waals surface area contributed by atoms with Gasteiger partial charge < -0.3 is 11.1 Å². The van der Waals surface area contributed by atoms with Gasteiger partial charge in [0.15, 0.2) is 0 Å². The summed E-state index contributed by atoms with van der Waals surface area (Å²) in [7, 11) is 0. The summed E-state index contributed by atoms with van der Waals surface area (Å²) in [5.74, 6) is 0.409. The summed E-state index contributed by atoms with van der Waals surface area (Å²) in [5, 5.41) is 3.64. The predicted molar refractivity (Wildman–Crippen MR) is 73.8 cm³/mol. The number of halogens is 1. The number of carbonyl (C=O) groups is 1. The molecule has 1 atom stereocenters. The third-order valence-corrected chi connectivity index (χ3v) is 3.82. The van der Waals surface area contributed by atoms with Crippen molar-refractivity contribution in [2.45, 2.75) is 32.2 Å². The molecular weight excluding hydrogens is 248 g/mol. The monoisotopic (exact) mass is 266 g/mol. The van der Waals surface area contributed by atoms with Crippen LogP contribution in [0.3, 0.4) is 0 Å². The Morgan fingerprint density at radius 2 is 2.17 bits per heavy atom. The average Bonchev–Trinajstić information content (AvgIpc) is 3.11. The molecular formula is C14H19ClN2O. The molecule has 98 valence electrons. The number of carbonyl (C=O) groups excluding carboxylic acids is 1. The lowest BCUT2D eigenvalue weighted by molar-refractivity contribution is 0.0897. The van der Waals surface area contributed by atoms with Gasteiger partial charge in [0.1, 0.15) is 0 Å². The van der Waals surface area contributed by atoms with Crippen LogP contribution in [0.5, 0.6) is 0 Å². The van der Waals surface area contributed by atoms with E-state index in [-0.39, 0.29) is 11.4 Å². The van der Waals surface area contributed by atoms with Gasteiger partial charge >= 0.3 is 0 Å². The number of benzene rings is 1. The van der Waals surface area contributed by atoms with Crippen molar-refractivity contribution in [3.8, 4) is 0 Å². The molecule has 0 spiro atoms. The molecule has 3 N–H and O–H groups in total. The Kier molecular flexibility index (Phi) is 3.64. The summed E-state index contributed by atoms with van der Waals surface area (Å²) in [6.07, 6.45) is 2.28. The van der Waals surface area contributed by atoms with Gasteiger partial charge in [-0.15, -0.1) is 0 Å². The number of hydrogen-bond acceptors (Lipinski definition) is 2. The standard InChI is InChI=1S/C14H19ClN2O/c1-9-5-10(7-12(15)6-9)13(18)17-14(2,8-16)11-3-4-11/h5-7,11H,3-4,8,16H2,1-2H3,(H,17,18). The van der Waals surface area contributed by atoms with Gasteiger partial charge in [-0.25, -0.2) is 0 Å². The Balaban J connectivity index is 2.16. The number of nitrogens with one attached hydrogen (secondary N) is 1. The van der Waals surface area contributed by atoms with Crippen LogP contribution in [0.4, 0.5) is 0 Å². The van der Waals surface area contributed by atoms with Crippen molar-refractivity contribution in [2.24, 2.45) is 11.7 Å². The minimum atomic E-state index is -0.298. The molecule has 2 rings (SSSR count). The van der Waals surface area contributed by atoms with Gasteiger partial charge in [0.05, 0.1) is 5.54 Å². The Labute approximate surface area is 113 Å². The fraction of sp³-hybridized carbons (Fsp3) is 0.500. The van der Waals surface area contributed by atoms with E-state index in [1.165, 1.54) is 0 Å². The number of hydrogen-bond donors (Lipinski definition) is 2. The summed E-state index contributed by atoms with van der Waals surface area (Å²) < 4.78 is 0. The van der Waals surface area contributed by atoms with E-state index in [2.05, 4.69) is 5.32 Å². The normalized spacial score (nSPS) is 18.2. The van der Waals surface area contributed by atoms with Gasteiger partial charge in [-0.05, 0) is 56.4 Å². The average molecular weight is 267 g/mol. The summed E-state index contributed by atoms with van der Waals surface area (Å²) in [4.78, 5) is 12.2. The van der Waals surface area contributed by atoms with Gasteiger partial charge in [0, 0.05) is 17.1 Å². The van der Waals surface area contributed by atoms with Gasteiger partial charge in [0.2, 0.25) is 0 Å². The second-order valence-corrected chi connectivity index (χ2v) is 5.80. The maximum absolute atomic E-state index is 12.2. The number of rotatable bonds is 4. The molecule has 0 aromatic heterocycles. The zero-order chi connectivity index (χ0) is 13.3. The molecule has 0 radical (unpaired) electrons. The molecule has 18 heavy (non-hydrogen) atoms. The molecule has 4 heteroatoms. The first kappa shape index (κ1) is 13.4. The first-order chi connectivity index (χ1) is 8.44. The largest absolute Gasteiger partial charge is 0.345 e. The second-order valence-electron chi connectivity index (χ2n) is 5.37. The lowest BCUT2D eigenvalue weighted by Gasteiger charge is -2.29. The molecule has 3 nitrogen and oxygen atoms in total. The third-order valence-electron chi connectivity index (χ3n) is 3.61. The second kappa shape index (κ2) is 4.90. The predicted octanol–water partition coefficient (Wildman–Crippen LogP) is 2.51. The molecule has 1 aromatic carbocycles. The molecule has 0 bridgehead atoms. The Morgan fingerprint density at radius 1 is 1.50 bits per heavy atom. The summed E-state index contributed by atoms with van der Waals surface area (Å²) >= 11 is 5.97. The van der Waals surface area contributed by atoms with Crippen molar-refractivity contribution in [1.82, 2.24) is 5.32 Å². The van der Waals surface area contributed by atoms with Crippen molar-refractivity contribution < 1.29 is 4.79 Å². The van der Waals surface area contributed by atoms with Crippen LogP contribution in [0, 0.1) is 12.8 Å². The van der Waals surface area contributed by atoms with E-state index in [1.54, 1.807) is 6.07 Å². The minimum absolute atomic E-state index is 0.0968. The van der Waals surface area contributed by atoms with Crippen LogP contribution in [-0.2, 0) is 0 Å². The van der Waals surface area contributed by atoms with E-state index in [1.807, 2.05) is 26.0 Å². The van der Waals surface area contributed by atoms with E-state index in [9.17, 15) is 4.79 Å². The zero-order valence-corrected chi connectivity index (χ0v) is 11.6. The molecule has 0 heterocycles. The van der Waals surface area contributed by atoms with Crippen LogP contribution in [0.15, 0.2) is 18.2 Å². The van der Waals surface area contributed by atoms with Gasteiger partial charge in [-0.1, -0.05) is 11.6 Å². The van der Waals surface area contributed by atoms with Gasteiger partial charge in [0.25, 0.3) is 5.91 Å². The van der Waals surface area contributed by atoms with Crippen molar-refractivity contribution in [1.29, 1.82) is 0 Å². The molecule has 1 aromatic rings. The van der Waals surface area contributed by atoms with Gasteiger partial charge in [-0.3, -0.25) is 4.79 Å². The van der Waals surface area contributed by atoms with E-state index >= 15 is 0 Å². The summed E-state index contributed by atoms with van der Waals surface area (Å²) in [6.45, 7) is 4.40. The van der Waals surface area contributed by atoms with E-state index < -0.39 is 0 Å². The number of aryl methyl sites for hydroxylation is 1. The van der Waals surface area contributed by atoms with E-state index in [4.69, 9.17) is 17.3 Å². The smallest absolute Gasteiger partial charge is 0.251 e. The molecule has 0 aliphatic heterocycles. The van der Waals surface area contributed by atoms with Crippen LogP contribution >= 0.6 is 11.6 Å². The highest BCUT2D eigenvalue weighted by atomic mass is 35.5. The maximum Gasteiger partial charge on any atom is 0.251 e. The molecule has 0 saturated heterocycles. The third kappa shape index (κ3) is 2.85. The van der Waals surface area contributed by atoms with Crippen molar-refractivity contribution in [3.05, 3.63) is 34.3 Å². The molecule has 1 aliphatic carbocycles. The topological polar surface area (TPSA) is 55.1 Å². The highest BCUT2D eigenvalue weighted by molar-refractivity contribution is 6.31. The van der Waals surface area contributed by atoms with Crippen LogP contribution in [-0.4, -0.2) is 18.0 Å². The van der Waals surface area contributed by atoms with Gasteiger partial charge in [-0.2, -0.15) is 0 Å². The Morgan fingerprint density at radius 3 is 2.67 bits per heavy atom. The van der Waals surface area contributed by atoms with Crippen molar-refractivity contribution >= 4 is 17.5 Å². The van der Waals surface area contributed by atoms with Crippen LogP contribution < -0.4 is 11.1 Å². The van der Waals surface area contributed by atoms with Crippen molar-refractivity contribution in [2.75, 3.05) is 6.54 Å². The first-order valence-corrected chi connectivity index (χ1v) is 6.62. The van der Waals surface area contributed by atoms with Crippen LogP contribution in [0.1, 0.15) is 35.7 Å². The SMILES string of the molecule is Cc1cc(Cl)cc(C(=O)NC(C)(CN)C2CC2)c1. The fourth-order valence-electron chi connectivity index (χ4n) is 2.24. The number of nitrogens with two attached hydrogens (primary N) is 1. The minimum Gasteiger partial charge on any atom is -0.345 e. The molecule has 1 aliphatic rings. The number of amides is 1. The van der Waals surface area contributed by atoms with Crippen molar-refractivity contribution in [3.63, 3.8) is 0 Å². The first-order valence-electron chi connectivity index (χ1n) is 6.24. The molecule has 1 saturated carbocycles. The van der Waals surface area contributed by atoms with Crippen LogP contribution in [0.2, 0.25) is 5.02 Å². The lowest BCUT2D eigenvalue weighted by Crippen LogP contribution is -2.53. The highest BCUT2D eigenvalue weighted by Gasteiger charge is 2.41. The van der Waals surface area contributed by atoms with E-state index in [0.717, 1.165) is 18.4 Å². The van der Waals surface area contributed by atoms with Crippen LogP contribution in [0.25, 0.3) is 0 Å².